The van der Waals surface area contributed by atoms with Crippen molar-refractivity contribution in [3.05, 3.63) is 0 Å². The Balaban J connectivity index is 1.91. The van der Waals surface area contributed by atoms with Gasteiger partial charge in [0, 0.05) is 44.5 Å². The van der Waals surface area contributed by atoms with E-state index < -0.39 is 0 Å². The van der Waals surface area contributed by atoms with Gasteiger partial charge in [0.15, 0.2) is 5.96 Å². The van der Waals surface area contributed by atoms with Crippen LogP contribution in [0.1, 0.15) is 19.8 Å². The molecule has 0 radical (unpaired) electrons. The van der Waals surface area contributed by atoms with Crippen molar-refractivity contribution in [3.8, 4) is 0 Å². The van der Waals surface area contributed by atoms with E-state index in [0.717, 1.165) is 51.8 Å². The first kappa shape index (κ1) is 15.9. The maximum Gasteiger partial charge on any atom is 0.191 e. The molecule has 2 aliphatic rings. The Labute approximate surface area is 126 Å². The lowest BCUT2D eigenvalue weighted by Gasteiger charge is -2.43. The Morgan fingerprint density at radius 1 is 1.35 bits per heavy atom. The van der Waals surface area contributed by atoms with Crippen LogP contribution in [0.4, 0.5) is 0 Å². The molecule has 20 heavy (non-hydrogen) atoms. The van der Waals surface area contributed by atoms with Crippen molar-refractivity contribution in [2.24, 2.45) is 4.99 Å². The molecule has 2 heterocycles. The molecule has 2 aliphatic heterocycles. The van der Waals surface area contributed by atoms with E-state index in [1.165, 1.54) is 17.9 Å². The molecule has 0 amide bonds. The minimum Gasteiger partial charge on any atom is -0.379 e. The van der Waals surface area contributed by atoms with Gasteiger partial charge in [0.25, 0.3) is 0 Å². The number of morpholine rings is 1. The molecule has 0 aromatic carbocycles. The molecule has 0 aromatic rings. The molecule has 2 N–H and O–H groups in total. The summed E-state index contributed by atoms with van der Waals surface area (Å²) in [6.45, 7) is 7.97. The average molecular weight is 300 g/mol. The molecule has 0 aromatic heterocycles. The minimum absolute atomic E-state index is 0.276. The van der Waals surface area contributed by atoms with Gasteiger partial charge in [-0.15, -0.1) is 0 Å². The third-order valence-corrected chi connectivity index (χ3v) is 5.35. The lowest BCUT2D eigenvalue weighted by Crippen LogP contribution is -2.60. The van der Waals surface area contributed by atoms with Crippen molar-refractivity contribution < 1.29 is 4.74 Å². The summed E-state index contributed by atoms with van der Waals surface area (Å²) in [5.41, 5.74) is 0.276. The number of ether oxygens (including phenoxy) is 1. The van der Waals surface area contributed by atoms with Gasteiger partial charge in [0.05, 0.1) is 13.2 Å². The van der Waals surface area contributed by atoms with Crippen LogP contribution in [0.15, 0.2) is 4.99 Å². The Hall–Kier alpha value is -0.460. The second-order valence-corrected chi connectivity index (χ2v) is 6.58. The molecule has 0 aliphatic carbocycles. The van der Waals surface area contributed by atoms with Crippen LogP contribution in [0.3, 0.4) is 0 Å². The number of nitrogens with one attached hydrogen (secondary N) is 2. The highest BCUT2D eigenvalue weighted by atomic mass is 32.2. The SMILES string of the molecule is CCCNC(=NC)NCC1(N2CCOCC2)CCSC1. The number of rotatable bonds is 5. The molecule has 2 rings (SSSR count). The lowest BCUT2D eigenvalue weighted by molar-refractivity contribution is -0.0120. The highest BCUT2D eigenvalue weighted by molar-refractivity contribution is 7.99. The monoisotopic (exact) mass is 300 g/mol. The average Bonchev–Trinajstić information content (AvgIpc) is 2.98. The molecule has 2 fully saturated rings. The van der Waals surface area contributed by atoms with E-state index in [-0.39, 0.29) is 5.54 Å². The van der Waals surface area contributed by atoms with Gasteiger partial charge in [-0.05, 0) is 18.6 Å². The van der Waals surface area contributed by atoms with Crippen LogP contribution in [-0.2, 0) is 4.74 Å². The summed E-state index contributed by atoms with van der Waals surface area (Å²) in [7, 11) is 1.84. The number of guanidine groups is 1. The first-order valence-electron chi connectivity index (χ1n) is 7.66. The van der Waals surface area contributed by atoms with Gasteiger partial charge in [0.2, 0.25) is 0 Å². The minimum atomic E-state index is 0.276. The molecular weight excluding hydrogens is 272 g/mol. The smallest absolute Gasteiger partial charge is 0.191 e. The van der Waals surface area contributed by atoms with Gasteiger partial charge < -0.3 is 15.4 Å². The zero-order valence-electron chi connectivity index (χ0n) is 12.8. The predicted molar refractivity (Wildman–Crippen MR) is 86.7 cm³/mol. The molecule has 1 atom stereocenters. The van der Waals surface area contributed by atoms with E-state index in [9.17, 15) is 0 Å². The lowest BCUT2D eigenvalue weighted by atomic mass is 9.95. The maximum absolute atomic E-state index is 5.50. The van der Waals surface area contributed by atoms with Crippen LogP contribution < -0.4 is 10.6 Å². The Bertz CT molecular complexity index is 312. The van der Waals surface area contributed by atoms with Crippen molar-refractivity contribution in [3.63, 3.8) is 0 Å². The van der Waals surface area contributed by atoms with Gasteiger partial charge in [-0.25, -0.2) is 0 Å². The Kier molecular flexibility index (Phi) is 6.45. The predicted octanol–water partition coefficient (Wildman–Crippen LogP) is 0.769. The van der Waals surface area contributed by atoms with E-state index >= 15 is 0 Å². The molecule has 0 bridgehead atoms. The highest BCUT2D eigenvalue weighted by Crippen LogP contribution is 2.33. The summed E-state index contributed by atoms with van der Waals surface area (Å²) >= 11 is 2.07. The second kappa shape index (κ2) is 8.10. The fraction of sp³-hybridized carbons (Fsp3) is 0.929. The third kappa shape index (κ3) is 4.02. The van der Waals surface area contributed by atoms with Crippen molar-refractivity contribution in [1.82, 2.24) is 15.5 Å². The van der Waals surface area contributed by atoms with Crippen LogP contribution >= 0.6 is 11.8 Å². The van der Waals surface area contributed by atoms with Crippen LogP contribution in [0.2, 0.25) is 0 Å². The number of nitrogens with zero attached hydrogens (tertiary/aromatic N) is 2. The largest absolute Gasteiger partial charge is 0.379 e. The van der Waals surface area contributed by atoms with Crippen molar-refractivity contribution in [2.75, 3.05) is 57.9 Å². The maximum atomic E-state index is 5.50. The Morgan fingerprint density at radius 2 is 2.15 bits per heavy atom. The van der Waals surface area contributed by atoms with Crippen molar-refractivity contribution in [1.29, 1.82) is 0 Å². The number of aliphatic imine (C=N–C) groups is 1. The zero-order chi connectivity index (χ0) is 14.3. The van der Waals surface area contributed by atoms with Gasteiger partial charge in [-0.1, -0.05) is 6.92 Å². The molecule has 5 nitrogen and oxygen atoms in total. The Morgan fingerprint density at radius 3 is 2.75 bits per heavy atom. The van der Waals surface area contributed by atoms with E-state index in [0.29, 0.717) is 0 Å². The van der Waals surface area contributed by atoms with Crippen molar-refractivity contribution in [2.45, 2.75) is 25.3 Å². The number of hydrogen-bond acceptors (Lipinski definition) is 4. The molecule has 0 saturated carbocycles. The van der Waals surface area contributed by atoms with Crippen molar-refractivity contribution >= 4 is 17.7 Å². The standard InChI is InChI=1S/C14H28N4OS/c1-3-5-16-13(15-2)17-11-14(4-10-20-12-14)18-6-8-19-9-7-18/h3-12H2,1-2H3,(H2,15,16,17). The van der Waals surface area contributed by atoms with Gasteiger partial charge in [0.1, 0.15) is 0 Å². The summed E-state index contributed by atoms with van der Waals surface area (Å²) in [5.74, 6) is 3.40. The molecule has 0 spiro atoms. The van der Waals surface area contributed by atoms with E-state index in [4.69, 9.17) is 4.74 Å². The van der Waals surface area contributed by atoms with Gasteiger partial charge in [-0.2, -0.15) is 11.8 Å². The normalized spacial score (nSPS) is 28.6. The molecule has 2 saturated heterocycles. The summed E-state index contributed by atoms with van der Waals surface area (Å²) in [6.07, 6.45) is 2.38. The second-order valence-electron chi connectivity index (χ2n) is 5.48. The van der Waals surface area contributed by atoms with Gasteiger partial charge in [-0.3, -0.25) is 9.89 Å². The topological polar surface area (TPSA) is 48.9 Å². The van der Waals surface area contributed by atoms with Gasteiger partial charge >= 0.3 is 0 Å². The zero-order valence-corrected chi connectivity index (χ0v) is 13.6. The van der Waals surface area contributed by atoms with E-state index in [1.54, 1.807) is 0 Å². The third-order valence-electron chi connectivity index (χ3n) is 4.12. The molecule has 116 valence electrons. The first-order chi connectivity index (χ1) is 9.80. The number of hydrogen-bond donors (Lipinski definition) is 2. The molecule has 1 unspecified atom stereocenters. The highest BCUT2D eigenvalue weighted by Gasteiger charge is 2.40. The van der Waals surface area contributed by atoms with Crippen LogP contribution in [-0.4, -0.2) is 74.3 Å². The fourth-order valence-electron chi connectivity index (χ4n) is 2.85. The summed E-state index contributed by atoms with van der Waals surface area (Å²) in [6, 6.07) is 0. The molecule has 6 heteroatoms. The summed E-state index contributed by atoms with van der Waals surface area (Å²) in [4.78, 5) is 6.93. The van der Waals surface area contributed by atoms with Crippen LogP contribution in [0.5, 0.6) is 0 Å². The van der Waals surface area contributed by atoms with E-state index in [2.05, 4.69) is 39.2 Å². The fourth-order valence-corrected chi connectivity index (χ4v) is 4.32. The molecular formula is C14H28N4OS. The van der Waals surface area contributed by atoms with Crippen LogP contribution in [0.25, 0.3) is 0 Å². The quantitative estimate of drug-likeness (QED) is 0.580. The summed E-state index contributed by atoms with van der Waals surface area (Å²) in [5, 5.41) is 6.88. The first-order valence-corrected chi connectivity index (χ1v) is 8.81. The van der Waals surface area contributed by atoms with Crippen LogP contribution in [0, 0.1) is 0 Å². The number of thioether (sulfide) groups is 1. The summed E-state index contributed by atoms with van der Waals surface area (Å²) < 4.78 is 5.50. The van der Waals surface area contributed by atoms with E-state index in [1.807, 2.05) is 7.05 Å².